The minimum absolute atomic E-state index is 0.235. The summed E-state index contributed by atoms with van der Waals surface area (Å²) in [6, 6.07) is 5.40. The first-order chi connectivity index (χ1) is 6.13. The number of alkyl halides is 1. The van der Waals surface area contributed by atoms with Crippen molar-refractivity contribution in [3.05, 3.63) is 26.8 Å². The highest BCUT2D eigenvalue weighted by atomic mass is 127. The van der Waals surface area contributed by atoms with Crippen molar-refractivity contribution in [2.24, 2.45) is 10.7 Å². The summed E-state index contributed by atoms with van der Waals surface area (Å²) in [5.41, 5.74) is 6.29. The van der Waals surface area contributed by atoms with Gasteiger partial charge in [-0.1, -0.05) is 11.6 Å². The van der Waals surface area contributed by atoms with Gasteiger partial charge < -0.3 is 5.73 Å². The Kier molecular flexibility index (Phi) is 4.28. The van der Waals surface area contributed by atoms with Crippen molar-refractivity contribution in [1.29, 1.82) is 0 Å². The Hall–Kier alpha value is -0.000000000000000111. The molecule has 0 heterocycles. The van der Waals surface area contributed by atoms with Gasteiger partial charge in [0.05, 0.1) is 11.6 Å². The Labute approximate surface area is 100 Å². The first-order valence-electron chi connectivity index (χ1n) is 3.47. The second-order valence-electron chi connectivity index (χ2n) is 2.33. The Morgan fingerprint density at radius 2 is 2.23 bits per heavy atom. The maximum absolute atomic E-state index is 5.78. The van der Waals surface area contributed by atoms with Crippen LogP contribution < -0.4 is 5.73 Å². The largest absolute Gasteiger partial charge is 0.386 e. The zero-order valence-electron chi connectivity index (χ0n) is 6.60. The lowest BCUT2D eigenvalue weighted by molar-refractivity contribution is 1.43. The molecule has 0 unspecified atom stereocenters. The predicted octanol–water partition coefficient (Wildman–Crippen LogP) is 3.17. The van der Waals surface area contributed by atoms with E-state index in [-0.39, 0.29) is 5.88 Å². The molecule has 1 aromatic carbocycles. The first-order valence-corrected chi connectivity index (χ1v) is 5.46. The average molecular weight is 329 g/mol. The van der Waals surface area contributed by atoms with Gasteiger partial charge >= 0.3 is 0 Å². The van der Waals surface area contributed by atoms with Gasteiger partial charge in [-0.3, -0.25) is 0 Å². The van der Waals surface area contributed by atoms with Crippen LogP contribution in [0.25, 0.3) is 0 Å². The van der Waals surface area contributed by atoms with Crippen LogP contribution in [0.3, 0.4) is 0 Å². The third-order valence-electron chi connectivity index (χ3n) is 1.31. The van der Waals surface area contributed by atoms with Crippen LogP contribution in [0.2, 0.25) is 5.02 Å². The number of amidine groups is 1. The van der Waals surface area contributed by atoms with Crippen LogP contribution in [0.1, 0.15) is 0 Å². The summed E-state index contributed by atoms with van der Waals surface area (Å²) in [7, 11) is 0. The van der Waals surface area contributed by atoms with Crippen LogP contribution in [0.15, 0.2) is 23.2 Å². The van der Waals surface area contributed by atoms with Crippen LogP contribution in [-0.2, 0) is 0 Å². The second kappa shape index (κ2) is 5.02. The van der Waals surface area contributed by atoms with Crippen molar-refractivity contribution < 1.29 is 0 Å². The van der Waals surface area contributed by atoms with Crippen LogP contribution in [0, 0.1) is 3.57 Å². The fourth-order valence-electron chi connectivity index (χ4n) is 0.757. The van der Waals surface area contributed by atoms with E-state index < -0.39 is 0 Å². The van der Waals surface area contributed by atoms with Gasteiger partial charge in [0.2, 0.25) is 0 Å². The zero-order valence-corrected chi connectivity index (χ0v) is 10.3. The van der Waals surface area contributed by atoms with E-state index in [1.54, 1.807) is 6.07 Å². The fourth-order valence-corrected chi connectivity index (χ4v) is 1.81. The molecule has 2 N–H and O–H groups in total. The number of halogens is 3. The lowest BCUT2D eigenvalue weighted by Crippen LogP contribution is -2.12. The molecule has 0 saturated heterocycles. The molecule has 70 valence electrons. The molecule has 0 atom stereocenters. The smallest absolute Gasteiger partial charge is 0.115 e. The summed E-state index contributed by atoms with van der Waals surface area (Å²) in [5.74, 6) is 0.639. The zero-order chi connectivity index (χ0) is 9.84. The number of aliphatic imine (C=N–C) groups is 1. The van der Waals surface area contributed by atoms with Crippen molar-refractivity contribution in [3.63, 3.8) is 0 Å². The third kappa shape index (κ3) is 3.32. The van der Waals surface area contributed by atoms with Crippen LogP contribution in [0.4, 0.5) is 5.69 Å². The lowest BCUT2D eigenvalue weighted by atomic mass is 10.3. The number of nitrogens with two attached hydrogens (primary N) is 1. The Balaban J connectivity index is 3.03. The lowest BCUT2D eigenvalue weighted by Gasteiger charge is -1.99. The maximum Gasteiger partial charge on any atom is 0.115 e. The SMILES string of the molecule is NC(CCl)=Nc1ccc(Cl)cc1I. The van der Waals surface area contributed by atoms with E-state index in [0.717, 1.165) is 9.26 Å². The standard InChI is InChI=1S/C8H7Cl2IN2/c9-4-8(12)13-7-2-1-5(10)3-6(7)11/h1-3H,4H2,(H2,12,13). The minimum atomic E-state index is 0.235. The third-order valence-corrected chi connectivity index (χ3v) is 2.68. The summed E-state index contributed by atoms with van der Waals surface area (Å²) in [6.45, 7) is 0. The van der Waals surface area contributed by atoms with Crippen molar-refractivity contribution in [3.8, 4) is 0 Å². The summed E-state index contributed by atoms with van der Waals surface area (Å²) < 4.78 is 0.957. The molecule has 0 fully saturated rings. The Morgan fingerprint density at radius 1 is 1.54 bits per heavy atom. The van der Waals surface area contributed by atoms with E-state index in [9.17, 15) is 0 Å². The van der Waals surface area contributed by atoms with Crippen molar-refractivity contribution >= 4 is 57.3 Å². The molecule has 0 radical (unpaired) electrons. The van der Waals surface area contributed by atoms with E-state index in [1.165, 1.54) is 0 Å². The highest BCUT2D eigenvalue weighted by Crippen LogP contribution is 2.24. The quantitative estimate of drug-likeness (QED) is 0.385. The molecule has 0 saturated carbocycles. The fraction of sp³-hybridized carbons (Fsp3) is 0.125. The van der Waals surface area contributed by atoms with E-state index in [4.69, 9.17) is 28.9 Å². The average Bonchev–Trinajstić information content (AvgIpc) is 2.09. The molecule has 0 aliphatic carbocycles. The molecule has 0 bridgehead atoms. The minimum Gasteiger partial charge on any atom is -0.386 e. The topological polar surface area (TPSA) is 38.4 Å². The molecule has 0 aliphatic heterocycles. The molecule has 0 aromatic heterocycles. The van der Waals surface area contributed by atoms with E-state index in [1.807, 2.05) is 12.1 Å². The van der Waals surface area contributed by atoms with Gasteiger partial charge in [-0.15, -0.1) is 11.6 Å². The summed E-state index contributed by atoms with van der Waals surface area (Å²) >= 11 is 13.4. The summed E-state index contributed by atoms with van der Waals surface area (Å²) in [5, 5.41) is 0.688. The summed E-state index contributed by atoms with van der Waals surface area (Å²) in [6.07, 6.45) is 0. The molecular weight excluding hydrogens is 322 g/mol. The van der Waals surface area contributed by atoms with Gasteiger partial charge in [-0.05, 0) is 40.8 Å². The van der Waals surface area contributed by atoms with Crippen molar-refractivity contribution in [2.45, 2.75) is 0 Å². The monoisotopic (exact) mass is 328 g/mol. The molecular formula is C8H7Cl2IN2. The molecule has 13 heavy (non-hydrogen) atoms. The number of hydrogen-bond donors (Lipinski definition) is 1. The van der Waals surface area contributed by atoms with Gasteiger partial charge in [-0.2, -0.15) is 0 Å². The maximum atomic E-state index is 5.78. The van der Waals surface area contributed by atoms with Gasteiger partial charge in [-0.25, -0.2) is 4.99 Å². The molecule has 1 aromatic rings. The Bertz CT molecular complexity index is 339. The number of nitrogens with zero attached hydrogens (tertiary/aromatic N) is 1. The van der Waals surface area contributed by atoms with E-state index in [0.29, 0.717) is 10.9 Å². The first kappa shape index (κ1) is 11.1. The number of rotatable bonds is 2. The van der Waals surface area contributed by atoms with Gasteiger partial charge in [0.15, 0.2) is 0 Å². The molecule has 0 spiro atoms. The van der Waals surface area contributed by atoms with Gasteiger partial charge in [0, 0.05) is 8.59 Å². The van der Waals surface area contributed by atoms with Crippen LogP contribution in [-0.4, -0.2) is 11.7 Å². The molecule has 0 aliphatic rings. The predicted molar refractivity (Wildman–Crippen MR) is 66.2 cm³/mol. The van der Waals surface area contributed by atoms with Gasteiger partial charge in [0.25, 0.3) is 0 Å². The Morgan fingerprint density at radius 3 is 2.77 bits per heavy atom. The summed E-state index contributed by atoms with van der Waals surface area (Å²) in [4.78, 5) is 4.11. The molecule has 1 rings (SSSR count). The molecule has 0 amide bonds. The number of benzene rings is 1. The van der Waals surface area contributed by atoms with Crippen LogP contribution in [0.5, 0.6) is 0 Å². The van der Waals surface area contributed by atoms with E-state index >= 15 is 0 Å². The van der Waals surface area contributed by atoms with Crippen LogP contribution >= 0.6 is 45.8 Å². The second-order valence-corrected chi connectivity index (χ2v) is 4.20. The highest BCUT2D eigenvalue weighted by molar-refractivity contribution is 14.1. The normalized spacial score (nSPS) is 11.8. The van der Waals surface area contributed by atoms with Gasteiger partial charge in [0.1, 0.15) is 5.84 Å². The highest BCUT2D eigenvalue weighted by Gasteiger charge is 1.99. The van der Waals surface area contributed by atoms with E-state index in [2.05, 4.69) is 27.6 Å². The molecule has 2 nitrogen and oxygen atoms in total. The van der Waals surface area contributed by atoms with Crippen molar-refractivity contribution in [1.82, 2.24) is 0 Å². The number of hydrogen-bond acceptors (Lipinski definition) is 1. The molecule has 5 heteroatoms. The van der Waals surface area contributed by atoms with Crippen molar-refractivity contribution in [2.75, 3.05) is 5.88 Å².